The lowest BCUT2D eigenvalue weighted by molar-refractivity contribution is 0.0780. The van der Waals surface area contributed by atoms with Crippen LogP contribution in [0.3, 0.4) is 0 Å². The number of hydrogen-bond donors (Lipinski definition) is 0. The van der Waals surface area contributed by atoms with Crippen molar-refractivity contribution in [2.45, 2.75) is 40.0 Å². The van der Waals surface area contributed by atoms with Crippen LogP contribution in [0.2, 0.25) is 0 Å². The highest BCUT2D eigenvalue weighted by atomic mass is 16.2. The molecule has 1 aliphatic rings. The molecule has 1 aromatic carbocycles. The number of rotatable bonds is 3. The summed E-state index contributed by atoms with van der Waals surface area (Å²) >= 11 is 0. The molecule has 5 nitrogen and oxygen atoms in total. The molecule has 0 atom stereocenters. The molecule has 2 aromatic heterocycles. The van der Waals surface area contributed by atoms with Crippen molar-refractivity contribution >= 4 is 16.8 Å². The smallest absolute Gasteiger partial charge is 0.254 e. The second kappa shape index (κ2) is 6.97. The second-order valence-corrected chi connectivity index (χ2v) is 8.70. The molecule has 1 fully saturated rings. The molecular formula is C23H26N4O. The fraction of sp³-hybridized carbons (Fsp3) is 0.391. The molecule has 0 aliphatic carbocycles. The Morgan fingerprint density at radius 3 is 2.50 bits per heavy atom. The van der Waals surface area contributed by atoms with Crippen molar-refractivity contribution in [2.24, 2.45) is 5.41 Å². The van der Waals surface area contributed by atoms with E-state index >= 15 is 0 Å². The number of nitrogens with zero attached hydrogens (tertiary/aromatic N) is 4. The van der Waals surface area contributed by atoms with Crippen LogP contribution < -0.4 is 0 Å². The predicted octanol–water partition coefficient (Wildman–Crippen LogP) is 4.69. The maximum absolute atomic E-state index is 13.3. The average Bonchev–Trinajstić information content (AvgIpc) is 3.06. The van der Waals surface area contributed by atoms with Gasteiger partial charge in [-0.1, -0.05) is 45.9 Å². The number of fused-ring (bicyclic) bond motifs is 1. The molecule has 3 heterocycles. The number of para-hydroxylation sites is 1. The summed E-state index contributed by atoms with van der Waals surface area (Å²) in [6, 6.07) is 9.72. The fourth-order valence-electron chi connectivity index (χ4n) is 3.72. The van der Waals surface area contributed by atoms with Gasteiger partial charge in [-0.05, 0) is 24.0 Å². The van der Waals surface area contributed by atoms with Gasteiger partial charge < -0.3 is 4.90 Å². The Bertz CT molecular complexity index is 1020. The van der Waals surface area contributed by atoms with E-state index in [-0.39, 0.29) is 17.2 Å². The van der Waals surface area contributed by atoms with Crippen LogP contribution in [-0.2, 0) is 0 Å². The molecule has 0 bridgehead atoms. The van der Waals surface area contributed by atoms with E-state index in [2.05, 4.69) is 37.7 Å². The van der Waals surface area contributed by atoms with Crippen LogP contribution in [0, 0.1) is 5.41 Å². The Kier molecular flexibility index (Phi) is 4.61. The zero-order valence-corrected chi connectivity index (χ0v) is 16.9. The first-order valence-electron chi connectivity index (χ1n) is 9.85. The van der Waals surface area contributed by atoms with E-state index in [4.69, 9.17) is 4.98 Å². The Hall–Kier alpha value is -2.82. The molecule has 0 saturated carbocycles. The summed E-state index contributed by atoms with van der Waals surface area (Å²) in [6.07, 6.45) is 4.62. The van der Waals surface area contributed by atoms with E-state index in [0.717, 1.165) is 47.5 Å². The minimum absolute atomic E-state index is 0.0742. The van der Waals surface area contributed by atoms with E-state index in [1.165, 1.54) is 0 Å². The van der Waals surface area contributed by atoms with Gasteiger partial charge in [0.05, 0.1) is 16.8 Å². The van der Waals surface area contributed by atoms with Gasteiger partial charge in [0.25, 0.3) is 5.91 Å². The van der Waals surface area contributed by atoms with Crippen LogP contribution in [0.25, 0.3) is 22.2 Å². The first-order chi connectivity index (χ1) is 13.3. The quantitative estimate of drug-likeness (QED) is 0.667. The standard InChI is InChI=1S/C23H26N4O/c1-15(2)21-24-12-16(13-25-21)20-11-18(17-7-5-6-8-19(17)26-20)22(28)27-10-9-23(3,4)14-27/h5-8,11-13,15H,9-10,14H2,1-4H3. The van der Waals surface area contributed by atoms with Crippen molar-refractivity contribution in [2.75, 3.05) is 13.1 Å². The van der Waals surface area contributed by atoms with Crippen molar-refractivity contribution in [3.8, 4) is 11.3 Å². The zero-order chi connectivity index (χ0) is 19.9. The molecule has 3 aromatic rings. The lowest BCUT2D eigenvalue weighted by Crippen LogP contribution is -2.30. The molecule has 0 radical (unpaired) electrons. The summed E-state index contributed by atoms with van der Waals surface area (Å²) in [5.41, 5.74) is 3.24. The average molecular weight is 374 g/mol. The number of pyridine rings is 1. The molecule has 1 amide bonds. The van der Waals surface area contributed by atoms with Crippen LogP contribution in [0.4, 0.5) is 0 Å². The van der Waals surface area contributed by atoms with Gasteiger partial charge in [-0.3, -0.25) is 4.79 Å². The lowest BCUT2D eigenvalue weighted by Gasteiger charge is -2.21. The van der Waals surface area contributed by atoms with Gasteiger partial charge in [-0.15, -0.1) is 0 Å². The van der Waals surface area contributed by atoms with Crippen LogP contribution >= 0.6 is 0 Å². The molecular weight excluding hydrogens is 348 g/mol. The summed E-state index contributed by atoms with van der Waals surface area (Å²) in [7, 11) is 0. The number of carbonyl (C=O) groups excluding carboxylic acids is 1. The summed E-state index contributed by atoms with van der Waals surface area (Å²) in [5, 5.41) is 0.890. The molecule has 0 N–H and O–H groups in total. The molecule has 4 rings (SSSR count). The normalized spacial score (nSPS) is 16.1. The number of hydrogen-bond acceptors (Lipinski definition) is 4. The fourth-order valence-corrected chi connectivity index (χ4v) is 3.72. The third kappa shape index (κ3) is 3.49. The van der Waals surface area contributed by atoms with Crippen LogP contribution in [0.15, 0.2) is 42.7 Å². The third-order valence-electron chi connectivity index (χ3n) is 5.40. The van der Waals surface area contributed by atoms with Gasteiger partial charge in [-0.25, -0.2) is 15.0 Å². The van der Waals surface area contributed by atoms with Crippen molar-refractivity contribution in [1.82, 2.24) is 19.9 Å². The SMILES string of the molecule is CC(C)c1ncc(-c2cc(C(=O)N3CCC(C)(C)C3)c3ccccc3n2)cn1. The number of likely N-dealkylation sites (tertiary alicyclic amines) is 1. The molecule has 28 heavy (non-hydrogen) atoms. The summed E-state index contributed by atoms with van der Waals surface area (Å²) in [6.45, 7) is 10.1. The van der Waals surface area contributed by atoms with Gasteiger partial charge in [0, 0.05) is 42.4 Å². The molecule has 144 valence electrons. The Balaban J connectivity index is 1.78. The van der Waals surface area contributed by atoms with Gasteiger partial charge in [0.15, 0.2) is 0 Å². The minimum atomic E-state index is 0.0742. The number of amides is 1. The number of carbonyl (C=O) groups is 1. The van der Waals surface area contributed by atoms with Crippen LogP contribution in [-0.4, -0.2) is 38.8 Å². The maximum atomic E-state index is 13.3. The monoisotopic (exact) mass is 374 g/mol. The summed E-state index contributed by atoms with van der Waals surface area (Å²) in [4.78, 5) is 29.0. The number of benzene rings is 1. The summed E-state index contributed by atoms with van der Waals surface area (Å²) in [5.74, 6) is 1.15. The van der Waals surface area contributed by atoms with E-state index in [0.29, 0.717) is 5.56 Å². The van der Waals surface area contributed by atoms with Crippen LogP contribution in [0.1, 0.15) is 56.2 Å². The van der Waals surface area contributed by atoms with Crippen LogP contribution in [0.5, 0.6) is 0 Å². The highest BCUT2D eigenvalue weighted by Gasteiger charge is 2.33. The highest BCUT2D eigenvalue weighted by Crippen LogP contribution is 2.32. The Labute approximate surface area is 165 Å². The molecule has 0 unspecified atom stereocenters. The van der Waals surface area contributed by atoms with Crippen molar-refractivity contribution in [3.05, 3.63) is 54.1 Å². The maximum Gasteiger partial charge on any atom is 0.254 e. The van der Waals surface area contributed by atoms with Gasteiger partial charge >= 0.3 is 0 Å². The van der Waals surface area contributed by atoms with Crippen molar-refractivity contribution in [3.63, 3.8) is 0 Å². The first-order valence-corrected chi connectivity index (χ1v) is 9.85. The molecule has 1 saturated heterocycles. The van der Waals surface area contributed by atoms with Gasteiger partial charge in [-0.2, -0.15) is 0 Å². The van der Waals surface area contributed by atoms with E-state index in [9.17, 15) is 4.79 Å². The number of aromatic nitrogens is 3. The second-order valence-electron chi connectivity index (χ2n) is 8.70. The lowest BCUT2D eigenvalue weighted by atomic mass is 9.93. The Morgan fingerprint density at radius 2 is 1.86 bits per heavy atom. The predicted molar refractivity (Wildman–Crippen MR) is 111 cm³/mol. The van der Waals surface area contributed by atoms with E-state index in [1.54, 1.807) is 12.4 Å². The Morgan fingerprint density at radius 1 is 1.14 bits per heavy atom. The van der Waals surface area contributed by atoms with Crippen molar-refractivity contribution in [1.29, 1.82) is 0 Å². The first kappa shape index (κ1) is 18.5. The molecule has 1 aliphatic heterocycles. The topological polar surface area (TPSA) is 59.0 Å². The van der Waals surface area contributed by atoms with Gasteiger partial charge in [0.1, 0.15) is 5.82 Å². The largest absolute Gasteiger partial charge is 0.338 e. The highest BCUT2D eigenvalue weighted by molar-refractivity contribution is 6.07. The minimum Gasteiger partial charge on any atom is -0.338 e. The van der Waals surface area contributed by atoms with Crippen molar-refractivity contribution < 1.29 is 4.79 Å². The molecule has 5 heteroatoms. The third-order valence-corrected chi connectivity index (χ3v) is 5.40. The van der Waals surface area contributed by atoms with E-state index in [1.807, 2.05) is 35.2 Å². The summed E-state index contributed by atoms with van der Waals surface area (Å²) < 4.78 is 0. The molecule has 0 spiro atoms. The zero-order valence-electron chi connectivity index (χ0n) is 16.9. The van der Waals surface area contributed by atoms with E-state index < -0.39 is 0 Å². The van der Waals surface area contributed by atoms with Gasteiger partial charge in [0.2, 0.25) is 0 Å².